The van der Waals surface area contributed by atoms with Crippen molar-refractivity contribution >= 4 is 5.91 Å². The third kappa shape index (κ3) is 3.74. The lowest BCUT2D eigenvalue weighted by molar-refractivity contribution is 0.0927. The predicted molar refractivity (Wildman–Crippen MR) is 85.9 cm³/mol. The third-order valence-corrected chi connectivity index (χ3v) is 3.47. The monoisotopic (exact) mass is 308 g/mol. The average molecular weight is 308 g/mol. The Kier molecular flexibility index (Phi) is 4.33. The third-order valence-electron chi connectivity index (χ3n) is 3.47. The second-order valence-corrected chi connectivity index (χ2v) is 5.12. The van der Waals surface area contributed by atoms with Gasteiger partial charge in [-0.2, -0.15) is 0 Å². The second kappa shape index (κ2) is 6.74. The van der Waals surface area contributed by atoms with E-state index in [2.05, 4.69) is 15.3 Å². The Bertz CT molecular complexity index is 825. The summed E-state index contributed by atoms with van der Waals surface area (Å²) in [5, 5.41) is 2.96. The summed E-state index contributed by atoms with van der Waals surface area (Å²) in [7, 11) is 0. The summed E-state index contributed by atoms with van der Waals surface area (Å²) in [5.41, 5.74) is 0.917. The lowest BCUT2D eigenvalue weighted by Crippen LogP contribution is -2.32. The first-order valence-electron chi connectivity index (χ1n) is 7.23. The molecule has 1 atom stereocenters. The Hall–Kier alpha value is -3.15. The molecule has 1 amide bonds. The fourth-order valence-corrected chi connectivity index (χ4v) is 2.34. The molecule has 6 nitrogen and oxygen atoms in total. The van der Waals surface area contributed by atoms with E-state index in [-0.39, 0.29) is 23.2 Å². The number of carbonyl (C=O) groups excluding carboxylic acids is 1. The zero-order valence-electron chi connectivity index (χ0n) is 12.3. The molecular weight excluding hydrogens is 292 g/mol. The van der Waals surface area contributed by atoms with Gasteiger partial charge in [-0.25, -0.2) is 4.98 Å². The smallest absolute Gasteiger partial charge is 0.268 e. The van der Waals surface area contributed by atoms with E-state index in [9.17, 15) is 9.59 Å². The number of rotatable bonds is 5. The summed E-state index contributed by atoms with van der Waals surface area (Å²) in [6, 6.07) is 14.0. The van der Waals surface area contributed by atoms with E-state index in [1.165, 1.54) is 6.07 Å². The topological polar surface area (TPSA) is 79.8 Å². The molecule has 2 aromatic heterocycles. The van der Waals surface area contributed by atoms with E-state index < -0.39 is 0 Å². The van der Waals surface area contributed by atoms with Gasteiger partial charge in [-0.05, 0) is 11.6 Å². The van der Waals surface area contributed by atoms with Crippen LogP contribution < -0.4 is 10.9 Å². The van der Waals surface area contributed by atoms with Gasteiger partial charge in [-0.15, -0.1) is 0 Å². The number of benzene rings is 1. The molecule has 1 aromatic carbocycles. The zero-order valence-corrected chi connectivity index (χ0v) is 12.3. The SMILES string of the molecule is O=C(N[C@@H](Cn1ccnc1)c1ccccc1)c1cccc(=O)[nH]1. The van der Waals surface area contributed by atoms with E-state index in [1.54, 1.807) is 24.7 Å². The van der Waals surface area contributed by atoms with E-state index in [4.69, 9.17) is 0 Å². The lowest BCUT2D eigenvalue weighted by atomic mass is 10.1. The Balaban J connectivity index is 1.83. The summed E-state index contributed by atoms with van der Waals surface area (Å²) in [6.45, 7) is 0.548. The molecule has 0 unspecified atom stereocenters. The molecule has 6 heteroatoms. The fraction of sp³-hybridized carbons (Fsp3) is 0.118. The molecule has 0 aliphatic rings. The summed E-state index contributed by atoms with van der Waals surface area (Å²) in [5.74, 6) is -0.323. The Morgan fingerprint density at radius 1 is 1.17 bits per heavy atom. The van der Waals surface area contributed by atoms with Gasteiger partial charge in [0.2, 0.25) is 5.56 Å². The van der Waals surface area contributed by atoms with E-state index in [1.807, 2.05) is 41.1 Å². The summed E-state index contributed by atoms with van der Waals surface area (Å²) >= 11 is 0. The van der Waals surface area contributed by atoms with Crippen LogP contribution in [0.25, 0.3) is 0 Å². The maximum atomic E-state index is 12.4. The zero-order chi connectivity index (χ0) is 16.1. The number of nitrogens with one attached hydrogen (secondary N) is 2. The number of aromatic nitrogens is 3. The van der Waals surface area contributed by atoms with Gasteiger partial charge in [0.15, 0.2) is 0 Å². The first kappa shape index (κ1) is 14.8. The molecule has 0 radical (unpaired) electrons. The normalized spacial score (nSPS) is 11.8. The number of hydrogen-bond donors (Lipinski definition) is 2. The van der Waals surface area contributed by atoms with Crippen molar-refractivity contribution in [2.75, 3.05) is 0 Å². The molecule has 0 saturated heterocycles. The fourth-order valence-electron chi connectivity index (χ4n) is 2.34. The number of nitrogens with zero attached hydrogens (tertiary/aromatic N) is 2. The predicted octanol–water partition coefficient (Wildman–Crippen LogP) is 1.74. The minimum absolute atomic E-state index is 0.235. The molecule has 3 aromatic rings. The van der Waals surface area contributed by atoms with Gasteiger partial charge in [-0.1, -0.05) is 36.4 Å². The van der Waals surface area contributed by atoms with Crippen LogP contribution in [0.2, 0.25) is 0 Å². The summed E-state index contributed by atoms with van der Waals surface area (Å²) in [4.78, 5) is 30.3. The van der Waals surface area contributed by atoms with Gasteiger partial charge in [0.1, 0.15) is 5.69 Å². The van der Waals surface area contributed by atoms with Crippen LogP contribution in [0.15, 0.2) is 72.0 Å². The molecule has 0 aliphatic carbocycles. The highest BCUT2D eigenvalue weighted by Gasteiger charge is 2.16. The van der Waals surface area contributed by atoms with Gasteiger partial charge >= 0.3 is 0 Å². The van der Waals surface area contributed by atoms with Crippen molar-refractivity contribution in [2.24, 2.45) is 0 Å². The van der Waals surface area contributed by atoms with Crippen molar-refractivity contribution in [3.05, 3.63) is 88.9 Å². The molecule has 3 rings (SSSR count). The Labute approximate surface area is 132 Å². The Morgan fingerprint density at radius 2 is 2.00 bits per heavy atom. The van der Waals surface area contributed by atoms with Crippen molar-refractivity contribution in [1.29, 1.82) is 0 Å². The van der Waals surface area contributed by atoms with Crippen LogP contribution in [0.1, 0.15) is 22.1 Å². The number of pyridine rings is 1. The molecule has 0 bridgehead atoms. The number of carbonyl (C=O) groups is 1. The van der Waals surface area contributed by atoms with Crippen molar-refractivity contribution in [1.82, 2.24) is 19.9 Å². The highest BCUT2D eigenvalue weighted by Crippen LogP contribution is 2.15. The van der Waals surface area contributed by atoms with Crippen LogP contribution in [0.5, 0.6) is 0 Å². The molecule has 2 heterocycles. The molecule has 2 N–H and O–H groups in total. The molecule has 0 spiro atoms. The summed E-state index contributed by atoms with van der Waals surface area (Å²) < 4.78 is 1.89. The van der Waals surface area contributed by atoms with E-state index in [0.717, 1.165) is 5.56 Å². The Morgan fingerprint density at radius 3 is 2.70 bits per heavy atom. The average Bonchev–Trinajstić information content (AvgIpc) is 3.08. The van der Waals surface area contributed by atoms with Crippen LogP contribution in [0.3, 0.4) is 0 Å². The van der Waals surface area contributed by atoms with Crippen LogP contribution in [-0.2, 0) is 6.54 Å². The number of hydrogen-bond acceptors (Lipinski definition) is 3. The van der Waals surface area contributed by atoms with Gasteiger partial charge in [0.05, 0.1) is 12.4 Å². The maximum absolute atomic E-state index is 12.4. The summed E-state index contributed by atoms with van der Waals surface area (Å²) in [6.07, 6.45) is 5.23. The lowest BCUT2D eigenvalue weighted by Gasteiger charge is -2.19. The standard InChI is InChI=1S/C17H16N4O2/c22-16-8-4-7-14(19-16)17(23)20-15(11-21-10-9-18-12-21)13-5-2-1-3-6-13/h1-10,12,15H,11H2,(H,19,22)(H,20,23)/t15-/m0/s1. The van der Waals surface area contributed by atoms with E-state index in [0.29, 0.717) is 6.54 Å². The highest BCUT2D eigenvalue weighted by atomic mass is 16.2. The molecule has 0 fully saturated rings. The molecular formula is C17H16N4O2. The number of imidazole rings is 1. The van der Waals surface area contributed by atoms with E-state index >= 15 is 0 Å². The molecule has 116 valence electrons. The van der Waals surface area contributed by atoms with Crippen molar-refractivity contribution in [3.63, 3.8) is 0 Å². The van der Waals surface area contributed by atoms with Crippen molar-refractivity contribution in [2.45, 2.75) is 12.6 Å². The number of aromatic amines is 1. The van der Waals surface area contributed by atoms with Gasteiger partial charge in [0, 0.05) is 25.0 Å². The minimum Gasteiger partial charge on any atom is -0.342 e. The molecule has 0 aliphatic heterocycles. The van der Waals surface area contributed by atoms with Gasteiger partial charge in [-0.3, -0.25) is 9.59 Å². The first-order valence-corrected chi connectivity index (χ1v) is 7.23. The van der Waals surface area contributed by atoms with Gasteiger partial charge in [0.25, 0.3) is 5.91 Å². The minimum atomic E-state index is -0.323. The second-order valence-electron chi connectivity index (χ2n) is 5.12. The molecule has 23 heavy (non-hydrogen) atoms. The molecule has 0 saturated carbocycles. The van der Waals surface area contributed by atoms with Crippen molar-refractivity contribution < 1.29 is 4.79 Å². The van der Waals surface area contributed by atoms with Gasteiger partial charge < -0.3 is 14.9 Å². The largest absolute Gasteiger partial charge is 0.342 e. The maximum Gasteiger partial charge on any atom is 0.268 e. The van der Waals surface area contributed by atoms with Crippen LogP contribution in [0.4, 0.5) is 0 Å². The van der Waals surface area contributed by atoms with Crippen LogP contribution >= 0.6 is 0 Å². The highest BCUT2D eigenvalue weighted by molar-refractivity contribution is 5.92. The quantitative estimate of drug-likeness (QED) is 0.753. The number of amides is 1. The number of H-pyrrole nitrogens is 1. The van der Waals surface area contributed by atoms with Crippen LogP contribution in [0, 0.1) is 0 Å². The first-order chi connectivity index (χ1) is 11.2. The van der Waals surface area contributed by atoms with Crippen LogP contribution in [-0.4, -0.2) is 20.4 Å². The van der Waals surface area contributed by atoms with Crippen molar-refractivity contribution in [3.8, 4) is 0 Å².